The van der Waals surface area contributed by atoms with Gasteiger partial charge in [-0.3, -0.25) is 4.79 Å². The first-order valence-electron chi connectivity index (χ1n) is 10.5. The van der Waals surface area contributed by atoms with Gasteiger partial charge in [0.2, 0.25) is 10.0 Å². The third kappa shape index (κ3) is 4.54. The van der Waals surface area contributed by atoms with E-state index in [9.17, 15) is 17.6 Å². The largest absolute Gasteiger partial charge is 0.380 e. The van der Waals surface area contributed by atoms with Crippen LogP contribution in [0.1, 0.15) is 30.1 Å². The van der Waals surface area contributed by atoms with E-state index >= 15 is 0 Å². The van der Waals surface area contributed by atoms with Crippen molar-refractivity contribution in [3.8, 4) is 0 Å². The minimum absolute atomic E-state index is 0.159. The van der Waals surface area contributed by atoms with E-state index in [-0.39, 0.29) is 16.3 Å². The molecule has 2 aromatic carbocycles. The lowest BCUT2D eigenvalue weighted by atomic mass is 10.2. The molecule has 1 aliphatic rings. The maximum absolute atomic E-state index is 14.5. The topological polar surface area (TPSA) is 81.0 Å². The Morgan fingerprint density at radius 1 is 1.16 bits per heavy atom. The number of hydrogen-bond donors (Lipinski definition) is 0. The summed E-state index contributed by atoms with van der Waals surface area (Å²) in [6.45, 7) is 4.16. The number of hydrogen-bond acceptors (Lipinski definition) is 5. The van der Waals surface area contributed by atoms with Crippen LogP contribution in [0.15, 0.2) is 52.4 Å². The predicted octanol–water partition coefficient (Wildman–Crippen LogP) is 3.40. The van der Waals surface area contributed by atoms with Gasteiger partial charge < -0.3 is 9.30 Å². The van der Waals surface area contributed by atoms with E-state index in [4.69, 9.17) is 4.74 Å². The van der Waals surface area contributed by atoms with E-state index in [1.165, 1.54) is 46.0 Å². The van der Waals surface area contributed by atoms with Crippen LogP contribution in [0.4, 0.5) is 4.39 Å². The second-order valence-corrected chi connectivity index (χ2v) is 10.3. The van der Waals surface area contributed by atoms with Crippen LogP contribution < -0.4 is 4.80 Å². The molecule has 1 saturated heterocycles. The predicted molar refractivity (Wildman–Crippen MR) is 121 cm³/mol. The average Bonchev–Trinajstić information content (AvgIpc) is 3.44. The zero-order valence-electron chi connectivity index (χ0n) is 17.7. The number of nitrogens with zero attached hydrogens (tertiary/aromatic N) is 3. The molecule has 1 amide bonds. The summed E-state index contributed by atoms with van der Waals surface area (Å²) < 4.78 is 49.0. The third-order valence-electron chi connectivity index (χ3n) is 5.32. The number of amides is 1. The third-order valence-corrected chi connectivity index (χ3v) is 8.27. The number of para-hydroxylation sites is 1. The smallest absolute Gasteiger partial charge is 0.279 e. The first-order valence-corrected chi connectivity index (χ1v) is 12.7. The van der Waals surface area contributed by atoms with Crippen molar-refractivity contribution in [2.45, 2.75) is 31.2 Å². The molecule has 0 spiro atoms. The molecule has 0 atom stereocenters. The molecule has 0 aliphatic carbocycles. The summed E-state index contributed by atoms with van der Waals surface area (Å²) >= 11 is 1.22. The Bertz CT molecular complexity index is 1290. The minimum Gasteiger partial charge on any atom is -0.380 e. The Morgan fingerprint density at radius 2 is 1.88 bits per heavy atom. The number of ether oxygens (including phenoxy) is 1. The molecule has 4 rings (SSSR count). The van der Waals surface area contributed by atoms with Crippen molar-refractivity contribution in [1.29, 1.82) is 0 Å². The van der Waals surface area contributed by atoms with Crippen LogP contribution in [0.3, 0.4) is 0 Å². The maximum atomic E-state index is 14.5. The summed E-state index contributed by atoms with van der Waals surface area (Å²) in [6, 6.07) is 10.6. The molecule has 0 N–H and O–H groups in total. The molecule has 1 aromatic heterocycles. The Balaban J connectivity index is 1.66. The minimum atomic E-state index is -3.55. The van der Waals surface area contributed by atoms with Gasteiger partial charge in [-0.2, -0.15) is 9.30 Å². The number of fused-ring (bicyclic) bond motifs is 1. The average molecular weight is 478 g/mol. The van der Waals surface area contributed by atoms with Crippen molar-refractivity contribution in [3.05, 3.63) is 58.6 Å². The summed E-state index contributed by atoms with van der Waals surface area (Å²) in [5.41, 5.74) is 0.649. The fourth-order valence-corrected chi connectivity index (χ4v) is 6.26. The van der Waals surface area contributed by atoms with Crippen LogP contribution in [0.2, 0.25) is 0 Å². The summed E-state index contributed by atoms with van der Waals surface area (Å²) in [7, 11) is -3.55. The number of halogens is 1. The maximum Gasteiger partial charge on any atom is 0.279 e. The number of aromatic nitrogens is 1. The second kappa shape index (κ2) is 9.62. The first kappa shape index (κ1) is 22.8. The molecule has 7 nitrogen and oxygen atoms in total. The second-order valence-electron chi connectivity index (χ2n) is 7.37. The number of carbonyl (C=O) groups excluding carboxylic acids is 1. The number of sulfonamides is 1. The summed E-state index contributed by atoms with van der Waals surface area (Å²) in [5, 5.41) is 0. The van der Waals surface area contributed by atoms with Gasteiger partial charge in [-0.05, 0) is 56.2 Å². The highest BCUT2D eigenvalue weighted by Crippen LogP contribution is 2.22. The van der Waals surface area contributed by atoms with Crippen LogP contribution in [0.25, 0.3) is 10.2 Å². The Kier molecular flexibility index (Phi) is 6.85. The fourth-order valence-electron chi connectivity index (χ4n) is 3.68. The van der Waals surface area contributed by atoms with Gasteiger partial charge in [0.1, 0.15) is 5.82 Å². The zero-order chi connectivity index (χ0) is 22.7. The number of rotatable bonds is 7. The summed E-state index contributed by atoms with van der Waals surface area (Å²) in [4.78, 5) is 17.6. The first-order chi connectivity index (χ1) is 15.4. The number of benzene rings is 2. The van der Waals surface area contributed by atoms with Gasteiger partial charge in [-0.25, -0.2) is 12.8 Å². The van der Waals surface area contributed by atoms with E-state index in [2.05, 4.69) is 4.99 Å². The molecule has 1 aliphatic heterocycles. The zero-order valence-corrected chi connectivity index (χ0v) is 19.3. The molecule has 0 unspecified atom stereocenters. The van der Waals surface area contributed by atoms with E-state index in [0.29, 0.717) is 47.9 Å². The molecule has 1 fully saturated rings. The van der Waals surface area contributed by atoms with E-state index in [1.54, 1.807) is 16.7 Å². The number of carbonyl (C=O) groups is 1. The molecule has 32 heavy (non-hydrogen) atoms. The van der Waals surface area contributed by atoms with Crippen LogP contribution in [-0.2, 0) is 21.3 Å². The lowest BCUT2D eigenvalue weighted by molar-refractivity contribution is 0.0996. The standard InChI is InChI=1S/C22H24FN3O4S2/c1-2-30-15-14-26-20-18(23)6-5-7-19(20)31-22(26)24-21(27)16-8-10-17(11-9-16)32(28,29)25-12-3-4-13-25/h5-11H,2-4,12-15H2,1H3. The molecule has 3 aromatic rings. The van der Waals surface area contributed by atoms with Crippen LogP contribution in [-0.4, -0.2) is 49.5 Å². The molecule has 170 valence electrons. The SMILES string of the molecule is CCOCCn1c(=NC(=O)c2ccc(S(=O)(=O)N3CCCC3)cc2)sc2cccc(F)c21. The van der Waals surface area contributed by atoms with Crippen LogP contribution in [0.5, 0.6) is 0 Å². The molecule has 0 radical (unpaired) electrons. The van der Waals surface area contributed by atoms with Gasteiger partial charge in [0.25, 0.3) is 5.91 Å². The highest BCUT2D eigenvalue weighted by atomic mass is 32.2. The van der Waals surface area contributed by atoms with Crippen molar-refractivity contribution in [2.24, 2.45) is 4.99 Å². The van der Waals surface area contributed by atoms with Gasteiger partial charge in [0.15, 0.2) is 4.80 Å². The van der Waals surface area contributed by atoms with Gasteiger partial charge in [-0.15, -0.1) is 0 Å². The van der Waals surface area contributed by atoms with Crippen molar-refractivity contribution in [3.63, 3.8) is 0 Å². The van der Waals surface area contributed by atoms with Gasteiger partial charge >= 0.3 is 0 Å². The summed E-state index contributed by atoms with van der Waals surface area (Å²) in [6.07, 6.45) is 1.71. The van der Waals surface area contributed by atoms with Gasteiger partial charge in [0.05, 0.1) is 21.7 Å². The van der Waals surface area contributed by atoms with Crippen molar-refractivity contribution in [1.82, 2.24) is 8.87 Å². The molecule has 0 saturated carbocycles. The highest BCUT2D eigenvalue weighted by Gasteiger charge is 2.27. The Morgan fingerprint density at radius 3 is 2.56 bits per heavy atom. The Labute approximate surface area is 189 Å². The highest BCUT2D eigenvalue weighted by molar-refractivity contribution is 7.89. The van der Waals surface area contributed by atoms with Crippen molar-refractivity contribution >= 4 is 37.5 Å². The molecular weight excluding hydrogens is 453 g/mol. The van der Waals surface area contributed by atoms with Crippen molar-refractivity contribution in [2.75, 3.05) is 26.3 Å². The molecule has 2 heterocycles. The monoisotopic (exact) mass is 477 g/mol. The fraction of sp³-hybridized carbons (Fsp3) is 0.364. The molecule has 10 heteroatoms. The quantitative estimate of drug-likeness (QED) is 0.489. The van der Waals surface area contributed by atoms with E-state index < -0.39 is 15.9 Å². The van der Waals surface area contributed by atoms with Gasteiger partial charge in [-0.1, -0.05) is 17.4 Å². The van der Waals surface area contributed by atoms with Crippen LogP contribution in [0, 0.1) is 5.82 Å². The summed E-state index contributed by atoms with van der Waals surface area (Å²) in [5.74, 6) is -0.909. The normalized spacial score (nSPS) is 15.6. The van der Waals surface area contributed by atoms with Crippen molar-refractivity contribution < 1.29 is 22.3 Å². The van der Waals surface area contributed by atoms with E-state index in [1.807, 2.05) is 6.92 Å². The van der Waals surface area contributed by atoms with Crippen LogP contribution >= 0.6 is 11.3 Å². The number of thiazole rings is 1. The lowest BCUT2D eigenvalue weighted by Crippen LogP contribution is -2.27. The molecular formula is C22H24FN3O4S2. The van der Waals surface area contributed by atoms with Gasteiger partial charge in [0, 0.05) is 31.8 Å². The Hall–Kier alpha value is -2.40. The molecule has 0 bridgehead atoms. The lowest BCUT2D eigenvalue weighted by Gasteiger charge is -2.15. The van der Waals surface area contributed by atoms with E-state index in [0.717, 1.165) is 12.8 Å².